The van der Waals surface area contributed by atoms with Crippen molar-refractivity contribution in [2.24, 2.45) is 0 Å². The van der Waals surface area contributed by atoms with Gasteiger partial charge in [0.05, 0.1) is 31.8 Å². The van der Waals surface area contributed by atoms with Crippen LogP contribution >= 0.6 is 11.3 Å². The third-order valence-corrected chi connectivity index (χ3v) is 7.10. The Morgan fingerprint density at radius 1 is 1.15 bits per heavy atom. The summed E-state index contributed by atoms with van der Waals surface area (Å²) in [4.78, 5) is 17.5. The van der Waals surface area contributed by atoms with Gasteiger partial charge in [0, 0.05) is 30.6 Å². The molecule has 0 bridgehead atoms. The van der Waals surface area contributed by atoms with E-state index in [0.717, 1.165) is 55.7 Å². The molecule has 0 radical (unpaired) electrons. The van der Waals surface area contributed by atoms with Crippen molar-refractivity contribution >= 4 is 27.4 Å². The molecule has 2 aromatic heterocycles. The number of aromatic nitrogens is 2. The molecule has 0 aromatic carbocycles. The molecule has 0 unspecified atom stereocenters. The van der Waals surface area contributed by atoms with E-state index in [1.54, 1.807) is 0 Å². The molecule has 2 aliphatic carbocycles. The number of fused-ring (bicyclic) bond motifs is 3. The zero-order valence-corrected chi connectivity index (χ0v) is 16.6. The van der Waals surface area contributed by atoms with E-state index in [4.69, 9.17) is 14.7 Å². The molecule has 0 atom stereocenters. The van der Waals surface area contributed by atoms with Crippen molar-refractivity contribution in [1.82, 2.24) is 14.9 Å². The highest BCUT2D eigenvalue weighted by Crippen LogP contribution is 2.42. The molecule has 7 heteroatoms. The standard InChI is InChI=1S/C20H28N4O2S/c25-10-7-24(14-5-6-14)19-18-15-3-1-2-4-16(15)27-20(18)22-17(21-19)13-23-8-11-26-12-9-23/h14,25H,1-13H2. The summed E-state index contributed by atoms with van der Waals surface area (Å²) < 4.78 is 5.48. The van der Waals surface area contributed by atoms with Crippen molar-refractivity contribution in [3.63, 3.8) is 0 Å². The normalized spacial score (nSPS) is 20.8. The minimum atomic E-state index is 0.174. The van der Waals surface area contributed by atoms with Crippen LogP contribution in [0.5, 0.6) is 0 Å². The number of anilines is 1. The quantitative estimate of drug-likeness (QED) is 0.820. The lowest BCUT2D eigenvalue weighted by Crippen LogP contribution is -2.36. The molecule has 1 aliphatic heterocycles. The largest absolute Gasteiger partial charge is 0.395 e. The number of rotatable bonds is 6. The number of aryl methyl sites for hydroxylation is 2. The maximum Gasteiger partial charge on any atom is 0.146 e. The van der Waals surface area contributed by atoms with Crippen LogP contribution in [-0.4, -0.2) is 65.5 Å². The maximum atomic E-state index is 9.66. The molecule has 0 amide bonds. The second-order valence-electron chi connectivity index (χ2n) is 7.89. The fourth-order valence-corrected chi connectivity index (χ4v) is 5.65. The molecular weight excluding hydrogens is 360 g/mol. The van der Waals surface area contributed by atoms with E-state index in [9.17, 15) is 5.11 Å². The summed E-state index contributed by atoms with van der Waals surface area (Å²) in [5.74, 6) is 2.00. The predicted octanol–water partition coefficient (Wildman–Crippen LogP) is 2.36. The number of ether oxygens (including phenoxy) is 1. The van der Waals surface area contributed by atoms with E-state index in [2.05, 4.69) is 9.80 Å². The summed E-state index contributed by atoms with van der Waals surface area (Å²) in [6.45, 7) is 5.10. The molecule has 2 aromatic rings. The monoisotopic (exact) mass is 388 g/mol. The highest BCUT2D eigenvalue weighted by Gasteiger charge is 2.33. The molecule has 146 valence electrons. The van der Waals surface area contributed by atoms with E-state index in [-0.39, 0.29) is 6.61 Å². The number of nitrogens with zero attached hydrogens (tertiary/aromatic N) is 4. The molecule has 1 N–H and O–H groups in total. The van der Waals surface area contributed by atoms with Crippen LogP contribution in [0.4, 0.5) is 5.82 Å². The van der Waals surface area contributed by atoms with Crippen LogP contribution < -0.4 is 4.90 Å². The number of hydrogen-bond acceptors (Lipinski definition) is 7. The van der Waals surface area contributed by atoms with Crippen LogP contribution in [0.25, 0.3) is 10.2 Å². The topological polar surface area (TPSA) is 61.7 Å². The summed E-state index contributed by atoms with van der Waals surface area (Å²) >= 11 is 1.87. The van der Waals surface area contributed by atoms with E-state index >= 15 is 0 Å². The Kier molecular flexibility index (Phi) is 5.02. The second kappa shape index (κ2) is 7.62. The van der Waals surface area contributed by atoms with E-state index < -0.39 is 0 Å². The highest BCUT2D eigenvalue weighted by molar-refractivity contribution is 7.19. The van der Waals surface area contributed by atoms with Crippen LogP contribution in [0.1, 0.15) is 41.9 Å². The fraction of sp³-hybridized carbons (Fsp3) is 0.700. The number of morpholine rings is 1. The van der Waals surface area contributed by atoms with E-state index in [0.29, 0.717) is 12.6 Å². The molecule has 3 heterocycles. The average Bonchev–Trinajstić information content (AvgIpc) is 3.46. The zero-order valence-electron chi connectivity index (χ0n) is 15.8. The summed E-state index contributed by atoms with van der Waals surface area (Å²) in [6, 6.07) is 0.533. The molecular formula is C20H28N4O2S. The third kappa shape index (κ3) is 3.58. The Morgan fingerprint density at radius 2 is 1.96 bits per heavy atom. The van der Waals surface area contributed by atoms with Crippen LogP contribution in [0, 0.1) is 0 Å². The van der Waals surface area contributed by atoms with Gasteiger partial charge in [0.25, 0.3) is 0 Å². The van der Waals surface area contributed by atoms with Gasteiger partial charge < -0.3 is 14.7 Å². The number of aliphatic hydroxyl groups is 1. The van der Waals surface area contributed by atoms with Gasteiger partial charge in [0.15, 0.2) is 0 Å². The predicted molar refractivity (Wildman–Crippen MR) is 108 cm³/mol. The Balaban J connectivity index is 1.58. The first-order valence-electron chi connectivity index (χ1n) is 10.3. The van der Waals surface area contributed by atoms with Gasteiger partial charge in [-0.25, -0.2) is 9.97 Å². The lowest BCUT2D eigenvalue weighted by atomic mass is 9.97. The average molecular weight is 389 g/mol. The molecule has 0 spiro atoms. The fourth-order valence-electron chi connectivity index (χ4n) is 4.37. The van der Waals surface area contributed by atoms with Gasteiger partial charge in [-0.2, -0.15) is 0 Å². The Morgan fingerprint density at radius 3 is 2.74 bits per heavy atom. The maximum absolute atomic E-state index is 9.66. The summed E-state index contributed by atoms with van der Waals surface area (Å²) in [5, 5.41) is 10.9. The minimum absolute atomic E-state index is 0.174. The Bertz CT molecular complexity index is 814. The number of thiophene rings is 1. The minimum Gasteiger partial charge on any atom is -0.395 e. The smallest absolute Gasteiger partial charge is 0.146 e. The summed E-state index contributed by atoms with van der Waals surface area (Å²) in [6.07, 6.45) is 7.28. The van der Waals surface area contributed by atoms with Gasteiger partial charge in [0.1, 0.15) is 16.5 Å². The van der Waals surface area contributed by atoms with Crippen molar-refractivity contribution in [2.75, 3.05) is 44.4 Å². The van der Waals surface area contributed by atoms with E-state index in [1.165, 1.54) is 47.9 Å². The van der Waals surface area contributed by atoms with Crippen LogP contribution in [0.2, 0.25) is 0 Å². The molecule has 1 saturated carbocycles. The zero-order chi connectivity index (χ0) is 18.2. The third-order valence-electron chi connectivity index (χ3n) is 5.91. The molecule has 2 fully saturated rings. The van der Waals surface area contributed by atoms with Crippen LogP contribution in [0.15, 0.2) is 0 Å². The van der Waals surface area contributed by atoms with Crippen molar-refractivity contribution in [2.45, 2.75) is 51.1 Å². The Hall–Kier alpha value is -1.28. The summed E-state index contributed by atoms with van der Waals surface area (Å²) in [5.41, 5.74) is 1.48. The lowest BCUT2D eigenvalue weighted by Gasteiger charge is -2.27. The SMILES string of the molecule is OCCN(c1nc(CN2CCOCC2)nc2sc3c(c12)CCCC3)C1CC1. The van der Waals surface area contributed by atoms with Gasteiger partial charge in [-0.05, 0) is 44.1 Å². The summed E-state index contributed by atoms with van der Waals surface area (Å²) in [7, 11) is 0. The van der Waals surface area contributed by atoms with E-state index in [1.807, 2.05) is 11.3 Å². The first-order valence-corrected chi connectivity index (χ1v) is 11.1. The van der Waals surface area contributed by atoms with Crippen molar-refractivity contribution < 1.29 is 9.84 Å². The molecule has 1 saturated heterocycles. The van der Waals surface area contributed by atoms with Gasteiger partial charge in [-0.15, -0.1) is 11.3 Å². The van der Waals surface area contributed by atoms with Crippen molar-refractivity contribution in [3.05, 3.63) is 16.3 Å². The van der Waals surface area contributed by atoms with Crippen LogP contribution in [0.3, 0.4) is 0 Å². The molecule has 6 nitrogen and oxygen atoms in total. The lowest BCUT2D eigenvalue weighted by molar-refractivity contribution is 0.0331. The second-order valence-corrected chi connectivity index (χ2v) is 8.97. The molecule has 5 rings (SSSR count). The van der Waals surface area contributed by atoms with Gasteiger partial charge >= 0.3 is 0 Å². The van der Waals surface area contributed by atoms with Gasteiger partial charge in [-0.3, -0.25) is 4.90 Å². The molecule has 3 aliphatic rings. The molecule has 27 heavy (non-hydrogen) atoms. The number of hydrogen-bond donors (Lipinski definition) is 1. The first-order chi connectivity index (χ1) is 13.3. The van der Waals surface area contributed by atoms with Crippen molar-refractivity contribution in [1.29, 1.82) is 0 Å². The van der Waals surface area contributed by atoms with Gasteiger partial charge in [0.2, 0.25) is 0 Å². The van der Waals surface area contributed by atoms with Gasteiger partial charge in [-0.1, -0.05) is 0 Å². The highest BCUT2D eigenvalue weighted by atomic mass is 32.1. The van der Waals surface area contributed by atoms with Crippen LogP contribution in [-0.2, 0) is 24.1 Å². The Labute approximate surface area is 164 Å². The first kappa shape index (κ1) is 17.8. The van der Waals surface area contributed by atoms with Crippen molar-refractivity contribution in [3.8, 4) is 0 Å². The number of aliphatic hydroxyl groups excluding tert-OH is 1.